The highest BCUT2D eigenvalue weighted by molar-refractivity contribution is 5.68. The molecule has 0 aliphatic carbocycles. The second kappa shape index (κ2) is 13.2. The highest BCUT2D eigenvalue weighted by Gasteiger charge is 2.12. The van der Waals surface area contributed by atoms with Gasteiger partial charge >= 0.3 is 0 Å². The Morgan fingerprint density at radius 3 is 1.95 bits per heavy atom. The van der Waals surface area contributed by atoms with Crippen LogP contribution in [0.15, 0.2) is 104 Å². The van der Waals surface area contributed by atoms with Crippen LogP contribution in [0, 0.1) is 20.8 Å². The average Bonchev–Trinajstić information content (AvgIpc) is 3.72. The van der Waals surface area contributed by atoms with E-state index in [-0.39, 0.29) is 11.5 Å². The van der Waals surface area contributed by atoms with E-state index in [1.165, 1.54) is 11.1 Å². The molecule has 0 amide bonds. The summed E-state index contributed by atoms with van der Waals surface area (Å²) in [5.41, 5.74) is 8.74. The Hall–Kier alpha value is -5.50. The van der Waals surface area contributed by atoms with Crippen molar-refractivity contribution in [3.8, 4) is 51.1 Å². The molecule has 0 unspecified atom stereocenters. The van der Waals surface area contributed by atoms with Gasteiger partial charge in [-0.25, -0.2) is 4.68 Å². The zero-order chi connectivity index (χ0) is 31.2. The summed E-state index contributed by atoms with van der Waals surface area (Å²) >= 11 is 0. The third-order valence-electron chi connectivity index (χ3n) is 7.31. The monoisotopic (exact) mass is 588 g/mol. The van der Waals surface area contributed by atoms with E-state index in [0.29, 0.717) is 11.5 Å². The van der Waals surface area contributed by atoms with Crippen molar-refractivity contribution in [1.29, 1.82) is 0 Å². The molecule has 0 fully saturated rings. The minimum Gasteiger partial charge on any atom is -0.504 e. The summed E-state index contributed by atoms with van der Waals surface area (Å²) in [7, 11) is 3.10. The number of hydrogen-bond donors (Lipinski definition) is 2. The molecule has 224 valence electrons. The molecule has 0 spiro atoms. The first-order chi connectivity index (χ1) is 21.2. The lowest BCUT2D eigenvalue weighted by Gasteiger charge is -2.08. The van der Waals surface area contributed by atoms with Crippen molar-refractivity contribution in [2.45, 2.75) is 27.3 Å². The third kappa shape index (κ3) is 6.76. The molecule has 2 heterocycles. The smallest absolute Gasteiger partial charge is 0.161 e. The van der Waals surface area contributed by atoms with Gasteiger partial charge in [0.05, 0.1) is 38.3 Å². The Morgan fingerprint density at radius 1 is 0.705 bits per heavy atom. The number of aryl methyl sites for hydroxylation is 3. The zero-order valence-electron chi connectivity index (χ0n) is 25.5. The molecule has 0 saturated carbocycles. The number of phenolic OH excluding ortho intramolecular Hbond substituents is 2. The number of benzene rings is 4. The molecule has 8 heteroatoms. The summed E-state index contributed by atoms with van der Waals surface area (Å²) in [6.45, 7) is 6.51. The van der Waals surface area contributed by atoms with Gasteiger partial charge < -0.3 is 19.7 Å². The van der Waals surface area contributed by atoms with E-state index in [1.807, 2.05) is 96.4 Å². The maximum atomic E-state index is 9.95. The van der Waals surface area contributed by atoms with E-state index in [0.717, 1.165) is 45.7 Å². The molecule has 6 rings (SSSR count). The van der Waals surface area contributed by atoms with Crippen LogP contribution in [0.25, 0.3) is 28.1 Å². The zero-order valence-corrected chi connectivity index (χ0v) is 25.5. The molecule has 4 aromatic carbocycles. The minimum atomic E-state index is 0.170. The van der Waals surface area contributed by atoms with Gasteiger partial charge in [-0.1, -0.05) is 48.0 Å². The van der Waals surface area contributed by atoms with Crippen LogP contribution in [-0.2, 0) is 6.54 Å². The summed E-state index contributed by atoms with van der Waals surface area (Å²) in [5.74, 6) is 1.29. The lowest BCUT2D eigenvalue weighted by atomic mass is 10.1. The van der Waals surface area contributed by atoms with Crippen LogP contribution in [0.1, 0.15) is 22.3 Å². The van der Waals surface area contributed by atoms with Crippen LogP contribution in [-0.4, -0.2) is 44.0 Å². The standard InChI is InChI=1S/C19H20N2O2.C17H16N2O2/c1-13-4-6-15(7-5-13)11-21-12-17(10-20-21)16-8-14(2)19(22)18(9-16)23-3;1-12-10-13(11-16(21-2)17(12)20)15-8-9-19(18-15)14-6-4-3-5-7-14/h4-10,12,22H,11H2,1-3H3;3-11,20H,1-2H3. The Morgan fingerprint density at radius 2 is 1.32 bits per heavy atom. The van der Waals surface area contributed by atoms with E-state index < -0.39 is 0 Å². The van der Waals surface area contributed by atoms with Crippen LogP contribution < -0.4 is 9.47 Å². The molecule has 44 heavy (non-hydrogen) atoms. The number of aromatic hydroxyl groups is 2. The first kappa shape index (κ1) is 30.0. The predicted molar refractivity (Wildman–Crippen MR) is 173 cm³/mol. The van der Waals surface area contributed by atoms with Gasteiger partial charge in [-0.05, 0) is 85.5 Å². The highest BCUT2D eigenvalue weighted by atomic mass is 16.5. The molecule has 6 aromatic rings. The minimum absolute atomic E-state index is 0.170. The summed E-state index contributed by atoms with van der Waals surface area (Å²) in [5, 5.41) is 28.9. The predicted octanol–water partition coefficient (Wildman–Crippen LogP) is 7.49. The molecule has 0 saturated heterocycles. The van der Waals surface area contributed by atoms with Crippen LogP contribution in [0.4, 0.5) is 0 Å². The molecule has 0 bridgehead atoms. The summed E-state index contributed by atoms with van der Waals surface area (Å²) in [6.07, 6.45) is 5.75. The fraction of sp³-hybridized carbons (Fsp3) is 0.167. The van der Waals surface area contributed by atoms with E-state index in [2.05, 4.69) is 41.4 Å². The SMILES string of the molecule is COc1cc(-c2ccn(-c3ccccc3)n2)cc(C)c1O.COc1cc(-c2cnn(Cc3ccc(C)cc3)c2)cc(C)c1O. The Kier molecular flexibility index (Phi) is 9.00. The molecule has 8 nitrogen and oxygen atoms in total. The number of phenols is 2. The molecule has 2 aromatic heterocycles. The molecule has 0 atom stereocenters. The van der Waals surface area contributed by atoms with Gasteiger partial charge in [0.15, 0.2) is 23.0 Å². The topological polar surface area (TPSA) is 94.6 Å². The Balaban J connectivity index is 0.000000175. The summed E-state index contributed by atoms with van der Waals surface area (Å²) in [4.78, 5) is 0. The maximum absolute atomic E-state index is 9.95. The van der Waals surface area contributed by atoms with Gasteiger partial charge in [0.25, 0.3) is 0 Å². The van der Waals surface area contributed by atoms with Gasteiger partial charge in [-0.2, -0.15) is 10.2 Å². The van der Waals surface area contributed by atoms with Crippen molar-refractivity contribution >= 4 is 0 Å². The van der Waals surface area contributed by atoms with E-state index >= 15 is 0 Å². The number of aromatic nitrogens is 4. The number of hydrogen-bond acceptors (Lipinski definition) is 6. The van der Waals surface area contributed by atoms with Crippen LogP contribution in [0.5, 0.6) is 23.0 Å². The van der Waals surface area contributed by atoms with E-state index in [1.54, 1.807) is 20.3 Å². The highest BCUT2D eigenvalue weighted by Crippen LogP contribution is 2.36. The van der Waals surface area contributed by atoms with Crippen LogP contribution >= 0.6 is 0 Å². The normalized spacial score (nSPS) is 10.7. The van der Waals surface area contributed by atoms with E-state index in [4.69, 9.17) is 9.47 Å². The molecule has 0 radical (unpaired) electrons. The van der Waals surface area contributed by atoms with Gasteiger partial charge in [0.1, 0.15) is 0 Å². The van der Waals surface area contributed by atoms with Gasteiger partial charge in [0.2, 0.25) is 0 Å². The summed E-state index contributed by atoms with van der Waals surface area (Å²) in [6, 6.07) is 27.8. The fourth-order valence-corrected chi connectivity index (χ4v) is 4.80. The lowest BCUT2D eigenvalue weighted by molar-refractivity contribution is 0.372. The van der Waals surface area contributed by atoms with Crippen LogP contribution in [0.2, 0.25) is 0 Å². The number of rotatable bonds is 7. The maximum Gasteiger partial charge on any atom is 0.161 e. The quantitative estimate of drug-likeness (QED) is 0.201. The van der Waals surface area contributed by atoms with Gasteiger partial charge in [-0.15, -0.1) is 0 Å². The number of para-hydroxylation sites is 1. The summed E-state index contributed by atoms with van der Waals surface area (Å²) < 4.78 is 14.2. The molecule has 0 aliphatic rings. The van der Waals surface area contributed by atoms with Crippen molar-refractivity contribution < 1.29 is 19.7 Å². The number of nitrogens with zero attached hydrogens (tertiary/aromatic N) is 4. The first-order valence-electron chi connectivity index (χ1n) is 14.2. The van der Waals surface area contributed by atoms with Crippen molar-refractivity contribution in [2.24, 2.45) is 0 Å². The molecular formula is C36H36N4O4. The van der Waals surface area contributed by atoms with Crippen molar-refractivity contribution in [3.05, 3.63) is 126 Å². The van der Waals surface area contributed by atoms with Crippen molar-refractivity contribution in [1.82, 2.24) is 19.6 Å². The van der Waals surface area contributed by atoms with E-state index in [9.17, 15) is 10.2 Å². The number of ether oxygens (including phenoxy) is 2. The second-order valence-electron chi connectivity index (χ2n) is 10.6. The Bertz CT molecular complexity index is 1860. The van der Waals surface area contributed by atoms with Crippen LogP contribution in [0.3, 0.4) is 0 Å². The van der Waals surface area contributed by atoms with Gasteiger partial charge in [-0.3, -0.25) is 4.68 Å². The number of methoxy groups -OCH3 is 2. The largest absolute Gasteiger partial charge is 0.504 e. The molecule has 0 aliphatic heterocycles. The first-order valence-corrected chi connectivity index (χ1v) is 14.2. The Labute approximate surface area is 257 Å². The second-order valence-corrected chi connectivity index (χ2v) is 10.6. The van der Waals surface area contributed by atoms with Crippen molar-refractivity contribution in [3.63, 3.8) is 0 Å². The third-order valence-corrected chi connectivity index (χ3v) is 7.31. The fourth-order valence-electron chi connectivity index (χ4n) is 4.80. The lowest BCUT2D eigenvalue weighted by Crippen LogP contribution is -1.99. The average molecular weight is 589 g/mol. The molecular weight excluding hydrogens is 552 g/mol. The van der Waals surface area contributed by atoms with Crippen molar-refractivity contribution in [2.75, 3.05) is 14.2 Å². The molecule has 2 N–H and O–H groups in total. The van der Waals surface area contributed by atoms with Gasteiger partial charge in [0, 0.05) is 23.5 Å².